The van der Waals surface area contributed by atoms with Crippen molar-refractivity contribution in [3.05, 3.63) is 20.9 Å². The first kappa shape index (κ1) is 18.6. The van der Waals surface area contributed by atoms with Gasteiger partial charge >= 0.3 is 17.6 Å². The van der Waals surface area contributed by atoms with Crippen LogP contribution in [0.15, 0.2) is 10.2 Å². The fourth-order valence-electron chi connectivity index (χ4n) is 1.09. The van der Waals surface area contributed by atoms with Gasteiger partial charge in [0.05, 0.1) is 0 Å². The second kappa shape index (κ2) is 6.34. The van der Waals surface area contributed by atoms with Crippen LogP contribution in [0.1, 0.15) is 41.5 Å². The van der Waals surface area contributed by atoms with Crippen molar-refractivity contribution in [3.63, 3.8) is 0 Å². The molecule has 0 aromatic heterocycles. The number of nitrogens with zero attached hydrogens (tertiary/aromatic N) is 6. The monoisotopic (exact) mass is 298 g/mol. The molecule has 0 fully saturated rings. The molecular formula is C11H18N6O4. The molecule has 0 saturated carbocycles. The van der Waals surface area contributed by atoms with Crippen LogP contribution in [0.3, 0.4) is 0 Å². The lowest BCUT2D eigenvalue weighted by atomic mass is 10.1. The van der Waals surface area contributed by atoms with E-state index in [1.54, 1.807) is 0 Å². The second-order valence-electron chi connectivity index (χ2n) is 6.05. The first-order valence-electron chi connectivity index (χ1n) is 5.97. The van der Waals surface area contributed by atoms with Crippen LogP contribution in [0, 0.1) is 0 Å². The molecule has 0 spiro atoms. The van der Waals surface area contributed by atoms with E-state index in [9.17, 15) is 9.59 Å². The Kier molecular flexibility index (Phi) is 5.60. The van der Waals surface area contributed by atoms with Gasteiger partial charge in [-0.25, -0.2) is 0 Å². The van der Waals surface area contributed by atoms with Gasteiger partial charge in [0.2, 0.25) is 0 Å². The van der Waals surface area contributed by atoms with Gasteiger partial charge in [0, 0.05) is 9.82 Å². The largest absolute Gasteiger partial charge is 0.459 e. The van der Waals surface area contributed by atoms with Gasteiger partial charge in [0.15, 0.2) is 0 Å². The van der Waals surface area contributed by atoms with Gasteiger partial charge in [0.1, 0.15) is 11.2 Å². The minimum Gasteiger partial charge on any atom is -0.459 e. The first-order chi connectivity index (χ1) is 9.38. The summed E-state index contributed by atoms with van der Waals surface area (Å²) < 4.78 is 9.95. The second-order valence-corrected chi connectivity index (χ2v) is 6.05. The van der Waals surface area contributed by atoms with Crippen molar-refractivity contribution in [1.82, 2.24) is 0 Å². The zero-order valence-electron chi connectivity index (χ0n) is 12.8. The number of carbonyl (C=O) groups excluding carboxylic acids is 2. The van der Waals surface area contributed by atoms with Crippen molar-refractivity contribution in [1.29, 1.82) is 0 Å². The maximum absolute atomic E-state index is 12.1. The highest BCUT2D eigenvalue weighted by Crippen LogP contribution is 2.25. The zero-order chi connectivity index (χ0) is 16.9. The van der Waals surface area contributed by atoms with Crippen LogP contribution in [-0.2, 0) is 19.1 Å². The van der Waals surface area contributed by atoms with E-state index in [4.69, 9.17) is 20.5 Å². The van der Waals surface area contributed by atoms with Crippen molar-refractivity contribution in [2.75, 3.05) is 0 Å². The van der Waals surface area contributed by atoms with Crippen molar-refractivity contribution in [2.45, 2.75) is 58.4 Å². The zero-order valence-corrected chi connectivity index (χ0v) is 12.8. The quantitative estimate of drug-likeness (QED) is 0.257. The molecule has 0 aromatic rings. The molecule has 0 heterocycles. The van der Waals surface area contributed by atoms with Crippen LogP contribution in [0.5, 0.6) is 0 Å². The standard InChI is InChI=1S/C11H18N6O4/c1-9(2,3)20-7(18)11(14-16-12,15-17-13)8(19)21-10(4,5)6/h1-6H3. The van der Waals surface area contributed by atoms with E-state index in [1.165, 1.54) is 41.5 Å². The Hall–Kier alpha value is -2.44. The first-order valence-corrected chi connectivity index (χ1v) is 5.97. The molecule has 0 rings (SSSR count). The number of hydrogen-bond acceptors (Lipinski definition) is 6. The lowest BCUT2D eigenvalue weighted by Gasteiger charge is -2.28. The Morgan fingerprint density at radius 1 is 0.810 bits per heavy atom. The van der Waals surface area contributed by atoms with E-state index in [-0.39, 0.29) is 0 Å². The molecule has 0 aliphatic rings. The van der Waals surface area contributed by atoms with Crippen LogP contribution < -0.4 is 0 Å². The van der Waals surface area contributed by atoms with E-state index in [1.807, 2.05) is 0 Å². The molecule has 0 radical (unpaired) electrons. The topological polar surface area (TPSA) is 150 Å². The highest BCUT2D eigenvalue weighted by molar-refractivity contribution is 6.05. The summed E-state index contributed by atoms with van der Waals surface area (Å²) in [6.07, 6.45) is 0. The molecule has 0 saturated heterocycles. The molecule has 0 amide bonds. The van der Waals surface area contributed by atoms with E-state index < -0.39 is 28.8 Å². The maximum atomic E-state index is 12.1. The molecule has 0 bridgehead atoms. The Labute approximate surface area is 121 Å². The van der Waals surface area contributed by atoms with Crippen molar-refractivity contribution in [2.24, 2.45) is 10.2 Å². The van der Waals surface area contributed by atoms with Gasteiger partial charge in [-0.2, -0.15) is 0 Å². The Morgan fingerprint density at radius 2 is 1.10 bits per heavy atom. The van der Waals surface area contributed by atoms with Crippen LogP contribution in [0.2, 0.25) is 0 Å². The summed E-state index contributed by atoms with van der Waals surface area (Å²) in [6.45, 7) is 9.23. The third kappa shape index (κ3) is 5.60. The van der Waals surface area contributed by atoms with Crippen LogP contribution in [-0.4, -0.2) is 28.8 Å². The molecule has 0 N–H and O–H groups in total. The molecular weight excluding hydrogens is 280 g/mol. The lowest BCUT2D eigenvalue weighted by Crippen LogP contribution is -2.49. The predicted octanol–water partition coefficient (Wildman–Crippen LogP) is 2.99. The van der Waals surface area contributed by atoms with Gasteiger partial charge in [-0.15, -0.1) is 0 Å². The number of ether oxygens (including phenoxy) is 2. The lowest BCUT2D eigenvalue weighted by molar-refractivity contribution is -0.176. The summed E-state index contributed by atoms with van der Waals surface area (Å²) in [6, 6.07) is 0. The van der Waals surface area contributed by atoms with Crippen molar-refractivity contribution >= 4 is 11.9 Å². The fraction of sp³-hybridized carbons (Fsp3) is 0.818. The summed E-state index contributed by atoms with van der Waals surface area (Å²) in [5.74, 6) is -2.61. The Balaban J connectivity index is 5.88. The molecule has 10 nitrogen and oxygen atoms in total. The van der Waals surface area contributed by atoms with E-state index in [2.05, 4.69) is 20.1 Å². The fourth-order valence-corrected chi connectivity index (χ4v) is 1.09. The highest BCUT2D eigenvalue weighted by atomic mass is 16.6. The number of esters is 2. The van der Waals surface area contributed by atoms with Crippen LogP contribution in [0.4, 0.5) is 0 Å². The van der Waals surface area contributed by atoms with Gasteiger partial charge in [0.25, 0.3) is 0 Å². The van der Waals surface area contributed by atoms with Crippen LogP contribution >= 0.6 is 0 Å². The summed E-state index contributed by atoms with van der Waals surface area (Å²) in [5.41, 5.74) is 12.4. The third-order valence-corrected chi connectivity index (χ3v) is 1.75. The number of rotatable bonds is 4. The summed E-state index contributed by atoms with van der Waals surface area (Å²) in [4.78, 5) is 29.0. The minimum absolute atomic E-state index is 0.986. The van der Waals surface area contributed by atoms with Gasteiger partial charge in [-0.05, 0) is 52.6 Å². The van der Waals surface area contributed by atoms with Gasteiger partial charge in [-0.3, -0.25) is 9.59 Å². The van der Waals surface area contributed by atoms with Crippen molar-refractivity contribution < 1.29 is 19.1 Å². The van der Waals surface area contributed by atoms with Crippen LogP contribution in [0.25, 0.3) is 20.9 Å². The molecule has 0 aliphatic heterocycles. The summed E-state index contributed by atoms with van der Waals surface area (Å²) >= 11 is 0. The van der Waals surface area contributed by atoms with E-state index in [0.29, 0.717) is 0 Å². The average molecular weight is 298 g/mol. The maximum Gasteiger partial charge on any atom is 0.336 e. The number of carbonyl (C=O) groups is 2. The minimum atomic E-state index is -2.77. The summed E-state index contributed by atoms with van der Waals surface area (Å²) in [7, 11) is 0. The van der Waals surface area contributed by atoms with Crippen molar-refractivity contribution in [3.8, 4) is 0 Å². The predicted molar refractivity (Wildman–Crippen MR) is 72.7 cm³/mol. The number of azide groups is 1. The number of hydrogen-bond donors (Lipinski definition) is 0. The summed E-state index contributed by atoms with van der Waals surface area (Å²) in [5, 5.41) is 6.05. The molecule has 0 aromatic carbocycles. The Morgan fingerprint density at radius 3 is 1.29 bits per heavy atom. The molecule has 116 valence electrons. The van der Waals surface area contributed by atoms with Gasteiger partial charge < -0.3 is 9.47 Å². The van der Waals surface area contributed by atoms with Gasteiger partial charge in [-0.1, -0.05) is 10.2 Å². The molecule has 21 heavy (non-hydrogen) atoms. The molecule has 0 aliphatic carbocycles. The van der Waals surface area contributed by atoms with E-state index >= 15 is 0 Å². The smallest absolute Gasteiger partial charge is 0.336 e. The van der Waals surface area contributed by atoms with E-state index in [0.717, 1.165) is 0 Å². The molecule has 10 heteroatoms. The SMILES string of the molecule is CC(C)(C)OC(=O)C(N=[N+]=[N-])(N=[N+]=[N-])C(=O)OC(C)(C)C. The highest BCUT2D eigenvalue weighted by Gasteiger charge is 2.51. The molecule has 0 atom stereocenters. The Bertz CT molecular complexity index is 470. The average Bonchev–Trinajstić information content (AvgIpc) is 2.23. The molecule has 0 unspecified atom stereocenters. The third-order valence-electron chi connectivity index (χ3n) is 1.75. The normalized spacial score (nSPS) is 11.7.